The lowest BCUT2D eigenvalue weighted by Crippen LogP contribution is -2.13. The van der Waals surface area contributed by atoms with Gasteiger partial charge in [0.25, 0.3) is 5.91 Å². The smallest absolute Gasteiger partial charge is 0.257 e. The van der Waals surface area contributed by atoms with Crippen molar-refractivity contribution in [3.8, 4) is 0 Å². The molecule has 2 aromatic rings. The molecule has 3 nitrogen and oxygen atoms in total. The molecular weight excluding hydrogens is 260 g/mol. The van der Waals surface area contributed by atoms with Crippen LogP contribution in [-0.2, 0) is 0 Å². The maximum atomic E-state index is 12.2. The van der Waals surface area contributed by atoms with Crippen LogP contribution in [0.1, 0.15) is 47.5 Å². The van der Waals surface area contributed by atoms with Crippen LogP contribution >= 0.6 is 0 Å². The van der Waals surface area contributed by atoms with Crippen LogP contribution in [0.2, 0.25) is 0 Å². The molecule has 3 heteroatoms. The molecule has 1 aliphatic rings. The van der Waals surface area contributed by atoms with E-state index in [1.807, 2.05) is 24.3 Å². The summed E-state index contributed by atoms with van der Waals surface area (Å²) in [6.45, 7) is 0. The number of hydrogen-bond donors (Lipinski definition) is 2. The van der Waals surface area contributed by atoms with Gasteiger partial charge in [-0.05, 0) is 48.6 Å². The Labute approximate surface area is 125 Å². The van der Waals surface area contributed by atoms with Crippen LogP contribution in [0.15, 0.2) is 48.5 Å². The fourth-order valence-electron chi connectivity index (χ4n) is 3.00. The highest BCUT2D eigenvalue weighted by atomic mass is 16.1. The van der Waals surface area contributed by atoms with Gasteiger partial charge in [-0.3, -0.25) is 4.79 Å². The van der Waals surface area contributed by atoms with E-state index < -0.39 is 0 Å². The lowest BCUT2D eigenvalue weighted by Gasteiger charge is -2.11. The molecule has 0 aliphatic heterocycles. The first-order valence-corrected chi connectivity index (χ1v) is 7.50. The van der Waals surface area contributed by atoms with Gasteiger partial charge in [-0.15, -0.1) is 0 Å². The van der Waals surface area contributed by atoms with Gasteiger partial charge in [0, 0.05) is 11.4 Å². The number of nitrogens with one attached hydrogen (secondary N) is 1. The summed E-state index contributed by atoms with van der Waals surface area (Å²) in [4.78, 5) is 12.2. The van der Waals surface area contributed by atoms with Gasteiger partial charge in [0.05, 0.1) is 5.56 Å². The number of anilines is 2. The van der Waals surface area contributed by atoms with Crippen LogP contribution in [0.5, 0.6) is 0 Å². The molecule has 1 aliphatic carbocycles. The number of carbonyl (C=O) groups is 1. The quantitative estimate of drug-likeness (QED) is 0.829. The first-order valence-electron chi connectivity index (χ1n) is 7.50. The molecule has 3 N–H and O–H groups in total. The Morgan fingerprint density at radius 1 is 1.00 bits per heavy atom. The molecule has 0 heterocycles. The van der Waals surface area contributed by atoms with Crippen LogP contribution < -0.4 is 11.1 Å². The Morgan fingerprint density at radius 2 is 1.67 bits per heavy atom. The highest BCUT2D eigenvalue weighted by Crippen LogP contribution is 2.34. The average Bonchev–Trinajstić information content (AvgIpc) is 3.02. The van der Waals surface area contributed by atoms with Gasteiger partial charge in [0.1, 0.15) is 0 Å². The normalized spacial score (nSPS) is 15.0. The molecule has 21 heavy (non-hydrogen) atoms. The summed E-state index contributed by atoms with van der Waals surface area (Å²) in [7, 11) is 0. The third-order valence-electron chi connectivity index (χ3n) is 4.20. The zero-order valence-corrected chi connectivity index (χ0v) is 12.0. The molecule has 0 unspecified atom stereocenters. The third-order valence-corrected chi connectivity index (χ3v) is 4.20. The Kier molecular flexibility index (Phi) is 3.91. The van der Waals surface area contributed by atoms with Gasteiger partial charge in [-0.2, -0.15) is 0 Å². The Hall–Kier alpha value is -2.29. The Morgan fingerprint density at radius 3 is 2.33 bits per heavy atom. The number of benzene rings is 2. The number of nitrogen functional groups attached to an aromatic ring is 1. The second kappa shape index (κ2) is 6.00. The van der Waals surface area contributed by atoms with Gasteiger partial charge in [0.15, 0.2) is 0 Å². The zero-order valence-electron chi connectivity index (χ0n) is 12.0. The van der Waals surface area contributed by atoms with Gasteiger partial charge in [-0.1, -0.05) is 37.1 Å². The van der Waals surface area contributed by atoms with E-state index in [0.717, 1.165) is 5.69 Å². The van der Waals surface area contributed by atoms with Crippen molar-refractivity contribution >= 4 is 17.3 Å². The van der Waals surface area contributed by atoms with Crippen molar-refractivity contribution < 1.29 is 4.79 Å². The van der Waals surface area contributed by atoms with Crippen molar-refractivity contribution in [1.82, 2.24) is 0 Å². The number of carbonyl (C=O) groups excluding carboxylic acids is 1. The topological polar surface area (TPSA) is 55.1 Å². The zero-order chi connectivity index (χ0) is 14.7. The van der Waals surface area contributed by atoms with Crippen molar-refractivity contribution in [2.24, 2.45) is 0 Å². The first kappa shape index (κ1) is 13.7. The standard InChI is InChI=1S/C18H20N2O/c19-17-8-4-3-7-16(17)18(21)20-15-11-9-14(10-12-15)13-5-1-2-6-13/h3-4,7-13H,1-2,5-6,19H2,(H,20,21). The average molecular weight is 280 g/mol. The van der Waals surface area contributed by atoms with E-state index in [0.29, 0.717) is 17.2 Å². The number of amides is 1. The van der Waals surface area contributed by atoms with E-state index in [1.54, 1.807) is 12.1 Å². The highest BCUT2D eigenvalue weighted by Gasteiger charge is 2.17. The van der Waals surface area contributed by atoms with Crippen LogP contribution in [-0.4, -0.2) is 5.91 Å². The molecule has 0 atom stereocenters. The molecule has 0 aromatic heterocycles. The predicted molar refractivity (Wildman–Crippen MR) is 86.5 cm³/mol. The van der Waals surface area contributed by atoms with E-state index in [2.05, 4.69) is 17.4 Å². The fraction of sp³-hybridized carbons (Fsp3) is 0.278. The van der Waals surface area contributed by atoms with E-state index >= 15 is 0 Å². The molecule has 0 saturated heterocycles. The van der Waals surface area contributed by atoms with E-state index in [4.69, 9.17) is 5.73 Å². The molecule has 0 radical (unpaired) electrons. The largest absolute Gasteiger partial charge is 0.398 e. The molecule has 108 valence electrons. The van der Waals surface area contributed by atoms with E-state index in [-0.39, 0.29) is 5.91 Å². The second-order valence-corrected chi connectivity index (χ2v) is 5.64. The lowest BCUT2D eigenvalue weighted by atomic mass is 9.97. The minimum atomic E-state index is -0.165. The minimum absolute atomic E-state index is 0.165. The maximum Gasteiger partial charge on any atom is 0.257 e. The van der Waals surface area contributed by atoms with Crippen LogP contribution in [0.25, 0.3) is 0 Å². The molecule has 0 bridgehead atoms. The van der Waals surface area contributed by atoms with E-state index in [9.17, 15) is 4.79 Å². The Bertz CT molecular complexity index is 628. The number of nitrogens with two attached hydrogens (primary N) is 1. The summed E-state index contributed by atoms with van der Waals surface area (Å²) in [5.74, 6) is 0.529. The van der Waals surface area contributed by atoms with Crippen molar-refractivity contribution in [2.75, 3.05) is 11.1 Å². The monoisotopic (exact) mass is 280 g/mol. The molecule has 1 saturated carbocycles. The molecule has 1 amide bonds. The first-order chi connectivity index (χ1) is 10.2. The van der Waals surface area contributed by atoms with Crippen molar-refractivity contribution in [2.45, 2.75) is 31.6 Å². The summed E-state index contributed by atoms with van der Waals surface area (Å²) >= 11 is 0. The van der Waals surface area contributed by atoms with Gasteiger partial charge >= 0.3 is 0 Å². The molecule has 2 aromatic carbocycles. The number of para-hydroxylation sites is 1. The summed E-state index contributed by atoms with van der Waals surface area (Å²) in [5, 5.41) is 2.90. The molecular formula is C18H20N2O. The van der Waals surface area contributed by atoms with Gasteiger partial charge in [0.2, 0.25) is 0 Å². The molecule has 1 fully saturated rings. The summed E-state index contributed by atoms with van der Waals surface area (Å²) in [5.41, 5.74) is 9.02. The highest BCUT2D eigenvalue weighted by molar-refractivity contribution is 6.07. The third kappa shape index (κ3) is 3.07. The Balaban J connectivity index is 1.70. The molecule has 0 spiro atoms. The minimum Gasteiger partial charge on any atom is -0.398 e. The van der Waals surface area contributed by atoms with Gasteiger partial charge < -0.3 is 11.1 Å². The van der Waals surface area contributed by atoms with Crippen molar-refractivity contribution in [3.05, 3.63) is 59.7 Å². The SMILES string of the molecule is Nc1ccccc1C(=O)Nc1ccc(C2CCCC2)cc1. The predicted octanol–water partition coefficient (Wildman–Crippen LogP) is 4.18. The maximum absolute atomic E-state index is 12.2. The number of hydrogen-bond acceptors (Lipinski definition) is 2. The summed E-state index contributed by atoms with van der Waals surface area (Å²) in [6, 6.07) is 15.3. The van der Waals surface area contributed by atoms with Crippen molar-refractivity contribution in [3.63, 3.8) is 0 Å². The summed E-state index contributed by atoms with van der Waals surface area (Å²) in [6.07, 6.45) is 5.23. The van der Waals surface area contributed by atoms with Crippen LogP contribution in [0.4, 0.5) is 11.4 Å². The second-order valence-electron chi connectivity index (χ2n) is 5.64. The fourth-order valence-corrected chi connectivity index (χ4v) is 3.00. The molecule has 3 rings (SSSR count). The van der Waals surface area contributed by atoms with Gasteiger partial charge in [-0.25, -0.2) is 0 Å². The van der Waals surface area contributed by atoms with E-state index in [1.165, 1.54) is 31.2 Å². The summed E-state index contributed by atoms with van der Waals surface area (Å²) < 4.78 is 0. The number of rotatable bonds is 3. The lowest BCUT2D eigenvalue weighted by molar-refractivity contribution is 0.102. The van der Waals surface area contributed by atoms with Crippen LogP contribution in [0, 0.1) is 0 Å². The van der Waals surface area contributed by atoms with Crippen LogP contribution in [0.3, 0.4) is 0 Å². The van der Waals surface area contributed by atoms with Crippen molar-refractivity contribution in [1.29, 1.82) is 0 Å².